The van der Waals surface area contributed by atoms with Gasteiger partial charge in [0.2, 0.25) is 5.91 Å². The molecule has 1 aliphatic rings. The molecule has 0 radical (unpaired) electrons. The Morgan fingerprint density at radius 1 is 1.31 bits per heavy atom. The fraction of sp³-hybridized carbons (Fsp3) is 0.706. The molecule has 9 heteroatoms. The van der Waals surface area contributed by atoms with Crippen molar-refractivity contribution in [2.75, 3.05) is 26.7 Å². The monoisotopic (exact) mass is 423 g/mol. The standard InChI is InChI=1S/C17H29N3O3S2.ClH/c1-13(2)15(18)8-11-19(3)16(21)12-14-6-7-17(24-14)25(22,23)20-9-4-5-10-20;/h6-7,13,15H,4-5,8-12,18H2,1-3H3;1H. The molecule has 0 aliphatic carbocycles. The lowest BCUT2D eigenvalue weighted by atomic mass is 10.0. The first-order valence-electron chi connectivity index (χ1n) is 8.80. The summed E-state index contributed by atoms with van der Waals surface area (Å²) >= 11 is 1.20. The van der Waals surface area contributed by atoms with Crippen LogP contribution in [0.3, 0.4) is 0 Å². The Hall–Kier alpha value is -0.670. The van der Waals surface area contributed by atoms with Crippen LogP contribution in [0.15, 0.2) is 16.3 Å². The highest BCUT2D eigenvalue weighted by molar-refractivity contribution is 7.91. The van der Waals surface area contributed by atoms with E-state index in [1.807, 2.05) is 0 Å². The van der Waals surface area contributed by atoms with Crippen LogP contribution in [0.4, 0.5) is 0 Å². The van der Waals surface area contributed by atoms with E-state index in [1.54, 1.807) is 24.1 Å². The first-order chi connectivity index (χ1) is 11.7. The summed E-state index contributed by atoms with van der Waals surface area (Å²) in [6, 6.07) is 3.45. The van der Waals surface area contributed by atoms with Crippen molar-refractivity contribution in [1.29, 1.82) is 0 Å². The van der Waals surface area contributed by atoms with Crippen LogP contribution in [0.5, 0.6) is 0 Å². The molecule has 0 bridgehead atoms. The molecule has 1 unspecified atom stereocenters. The van der Waals surface area contributed by atoms with Crippen molar-refractivity contribution >= 4 is 39.7 Å². The minimum absolute atomic E-state index is 0. The van der Waals surface area contributed by atoms with Gasteiger partial charge in [-0.3, -0.25) is 4.79 Å². The Morgan fingerprint density at radius 2 is 1.92 bits per heavy atom. The molecule has 6 nitrogen and oxygen atoms in total. The van der Waals surface area contributed by atoms with E-state index in [-0.39, 0.29) is 30.8 Å². The number of amides is 1. The van der Waals surface area contributed by atoms with Gasteiger partial charge in [-0.1, -0.05) is 13.8 Å². The zero-order valence-electron chi connectivity index (χ0n) is 15.7. The van der Waals surface area contributed by atoms with E-state index in [2.05, 4.69) is 13.8 Å². The number of thiophene rings is 1. The Labute approximate surface area is 167 Å². The minimum atomic E-state index is -3.39. The number of hydrogen-bond donors (Lipinski definition) is 1. The number of carbonyl (C=O) groups excluding carboxylic acids is 1. The lowest BCUT2D eigenvalue weighted by molar-refractivity contribution is -0.129. The Bertz CT molecular complexity index is 685. The quantitative estimate of drug-likeness (QED) is 0.695. The van der Waals surface area contributed by atoms with Crippen LogP contribution in [0.2, 0.25) is 0 Å². The van der Waals surface area contributed by atoms with E-state index in [0.717, 1.165) is 24.1 Å². The molecule has 2 rings (SSSR count). The van der Waals surface area contributed by atoms with Crippen molar-refractivity contribution in [3.8, 4) is 0 Å². The average molecular weight is 424 g/mol. The van der Waals surface area contributed by atoms with Crippen LogP contribution in [-0.4, -0.2) is 56.3 Å². The summed E-state index contributed by atoms with van der Waals surface area (Å²) in [5.74, 6) is 0.377. The third-order valence-electron chi connectivity index (χ3n) is 4.70. The van der Waals surface area contributed by atoms with Crippen LogP contribution in [0.1, 0.15) is 38.0 Å². The van der Waals surface area contributed by atoms with Crippen molar-refractivity contribution in [2.24, 2.45) is 11.7 Å². The summed E-state index contributed by atoms with van der Waals surface area (Å²) < 4.78 is 26.9. The number of sulfonamides is 1. The number of carbonyl (C=O) groups is 1. The van der Waals surface area contributed by atoms with Gasteiger partial charge in [0.1, 0.15) is 4.21 Å². The van der Waals surface area contributed by atoms with Gasteiger partial charge in [-0.2, -0.15) is 4.31 Å². The molecule has 1 aliphatic heterocycles. The summed E-state index contributed by atoms with van der Waals surface area (Å²) in [7, 11) is -1.63. The van der Waals surface area contributed by atoms with Gasteiger partial charge in [-0.05, 0) is 37.3 Å². The number of halogens is 1. The second kappa shape index (κ2) is 10.0. The fourth-order valence-electron chi connectivity index (χ4n) is 2.73. The highest BCUT2D eigenvalue weighted by atomic mass is 35.5. The molecular formula is C17H30ClN3O3S2. The lowest BCUT2D eigenvalue weighted by Crippen LogP contribution is -2.35. The Balaban J connectivity index is 0.00000338. The fourth-order valence-corrected chi connectivity index (χ4v) is 5.75. The van der Waals surface area contributed by atoms with Crippen molar-refractivity contribution in [3.05, 3.63) is 17.0 Å². The van der Waals surface area contributed by atoms with E-state index in [4.69, 9.17) is 5.73 Å². The van der Waals surface area contributed by atoms with Gasteiger partial charge in [0.05, 0.1) is 6.42 Å². The average Bonchev–Trinajstić information content (AvgIpc) is 3.23. The molecule has 1 fully saturated rings. The van der Waals surface area contributed by atoms with Gasteiger partial charge in [0.15, 0.2) is 0 Å². The molecule has 0 saturated carbocycles. The van der Waals surface area contributed by atoms with Crippen molar-refractivity contribution in [3.63, 3.8) is 0 Å². The summed E-state index contributed by atoms with van der Waals surface area (Å²) in [6.45, 7) is 5.93. The first kappa shape index (κ1) is 23.4. The number of nitrogens with two attached hydrogens (primary N) is 1. The maximum atomic E-state index is 12.5. The summed E-state index contributed by atoms with van der Waals surface area (Å²) in [5.41, 5.74) is 6.02. The zero-order valence-corrected chi connectivity index (χ0v) is 18.1. The molecule has 1 amide bonds. The molecule has 0 spiro atoms. The molecule has 2 heterocycles. The number of rotatable bonds is 8. The lowest BCUT2D eigenvalue weighted by Gasteiger charge is -2.21. The highest BCUT2D eigenvalue weighted by Gasteiger charge is 2.28. The number of hydrogen-bond acceptors (Lipinski definition) is 5. The molecule has 1 aromatic rings. The smallest absolute Gasteiger partial charge is 0.252 e. The van der Waals surface area contributed by atoms with Gasteiger partial charge in [0.25, 0.3) is 10.0 Å². The van der Waals surface area contributed by atoms with E-state index in [0.29, 0.717) is 29.8 Å². The summed E-state index contributed by atoms with van der Waals surface area (Å²) in [6.07, 6.45) is 2.82. The highest BCUT2D eigenvalue weighted by Crippen LogP contribution is 2.27. The Morgan fingerprint density at radius 3 is 2.50 bits per heavy atom. The van der Waals surface area contributed by atoms with Crippen LogP contribution >= 0.6 is 23.7 Å². The maximum Gasteiger partial charge on any atom is 0.252 e. The van der Waals surface area contributed by atoms with Gasteiger partial charge in [-0.15, -0.1) is 23.7 Å². The first-order valence-corrected chi connectivity index (χ1v) is 11.1. The third kappa shape index (κ3) is 5.92. The van der Waals surface area contributed by atoms with Gasteiger partial charge < -0.3 is 10.6 Å². The van der Waals surface area contributed by atoms with Crippen molar-refractivity contribution in [1.82, 2.24) is 9.21 Å². The van der Waals surface area contributed by atoms with Crippen LogP contribution < -0.4 is 5.73 Å². The van der Waals surface area contributed by atoms with E-state index in [1.165, 1.54) is 15.6 Å². The van der Waals surface area contributed by atoms with Crippen molar-refractivity contribution < 1.29 is 13.2 Å². The molecule has 1 atom stereocenters. The normalized spacial score (nSPS) is 16.5. The van der Waals surface area contributed by atoms with E-state index < -0.39 is 10.0 Å². The predicted molar refractivity (Wildman–Crippen MR) is 108 cm³/mol. The topological polar surface area (TPSA) is 83.7 Å². The number of likely N-dealkylation sites (N-methyl/N-ethyl adjacent to an activating group) is 1. The van der Waals surface area contributed by atoms with Gasteiger partial charge >= 0.3 is 0 Å². The second-order valence-corrected chi connectivity index (χ2v) is 10.4. The molecule has 26 heavy (non-hydrogen) atoms. The summed E-state index contributed by atoms with van der Waals surface area (Å²) in [5, 5.41) is 0. The van der Waals surface area contributed by atoms with E-state index >= 15 is 0 Å². The molecule has 1 saturated heterocycles. The minimum Gasteiger partial charge on any atom is -0.345 e. The van der Waals surface area contributed by atoms with Crippen molar-refractivity contribution in [2.45, 2.75) is 49.8 Å². The molecular weight excluding hydrogens is 394 g/mol. The van der Waals surface area contributed by atoms with Gasteiger partial charge in [0, 0.05) is 37.6 Å². The van der Waals surface area contributed by atoms with Crippen LogP contribution in [0, 0.1) is 5.92 Å². The summed E-state index contributed by atoms with van der Waals surface area (Å²) in [4.78, 5) is 14.8. The molecule has 1 aromatic heterocycles. The van der Waals surface area contributed by atoms with Crippen LogP contribution in [0.25, 0.3) is 0 Å². The zero-order chi connectivity index (χ0) is 18.6. The largest absolute Gasteiger partial charge is 0.345 e. The molecule has 0 aromatic carbocycles. The number of nitrogens with zero attached hydrogens (tertiary/aromatic N) is 2. The van der Waals surface area contributed by atoms with E-state index in [9.17, 15) is 13.2 Å². The molecule has 150 valence electrons. The van der Waals surface area contributed by atoms with Gasteiger partial charge in [-0.25, -0.2) is 8.42 Å². The predicted octanol–water partition coefficient (Wildman–Crippen LogP) is 2.33. The third-order valence-corrected chi connectivity index (χ3v) is 8.15. The van der Waals surface area contributed by atoms with Crippen LogP contribution in [-0.2, 0) is 21.2 Å². The SMILES string of the molecule is CC(C)C(N)CCN(C)C(=O)Cc1ccc(S(=O)(=O)N2CCCC2)s1.Cl. The Kier molecular flexibility index (Phi) is 9.02. The molecule has 2 N–H and O–H groups in total. The maximum absolute atomic E-state index is 12.5. The second-order valence-electron chi connectivity index (χ2n) is 7.02.